The molecule has 0 aliphatic carbocycles. The molecule has 0 fully saturated rings. The van der Waals surface area contributed by atoms with Gasteiger partial charge in [-0.2, -0.15) is 4.98 Å². The second kappa shape index (κ2) is 7.31. The first kappa shape index (κ1) is 16.3. The minimum Gasteiger partial charge on any atom is -0.493 e. The second-order valence-corrected chi connectivity index (χ2v) is 6.03. The van der Waals surface area contributed by atoms with E-state index >= 15 is 0 Å². The van der Waals surface area contributed by atoms with Crippen LogP contribution in [0.25, 0.3) is 10.8 Å². The molecule has 5 nitrogen and oxygen atoms in total. The zero-order chi connectivity index (χ0) is 16.9. The number of benzene rings is 2. The fourth-order valence-corrected chi connectivity index (χ4v) is 3.06. The van der Waals surface area contributed by atoms with Crippen LogP contribution in [0.4, 0.5) is 0 Å². The molecule has 0 aliphatic rings. The first-order valence-corrected chi connectivity index (χ1v) is 8.50. The molecule has 2 aromatic carbocycles. The first-order valence-electron chi connectivity index (χ1n) is 7.51. The van der Waals surface area contributed by atoms with E-state index < -0.39 is 5.97 Å². The van der Waals surface area contributed by atoms with E-state index in [2.05, 4.69) is 34.2 Å². The minimum atomic E-state index is -0.567. The van der Waals surface area contributed by atoms with Crippen LogP contribution >= 0.6 is 11.8 Å². The lowest BCUT2D eigenvalue weighted by atomic mass is 10.1. The summed E-state index contributed by atoms with van der Waals surface area (Å²) < 4.78 is 4.90. The van der Waals surface area contributed by atoms with Crippen molar-refractivity contribution < 1.29 is 14.6 Å². The van der Waals surface area contributed by atoms with Gasteiger partial charge in [-0.3, -0.25) is 0 Å². The quantitative estimate of drug-likeness (QED) is 0.433. The summed E-state index contributed by atoms with van der Waals surface area (Å²) in [6.07, 6.45) is 0. The van der Waals surface area contributed by atoms with Crippen LogP contribution in [-0.2, 0) is 10.5 Å². The third kappa shape index (κ3) is 3.83. The molecule has 0 spiro atoms. The van der Waals surface area contributed by atoms with E-state index in [1.54, 1.807) is 6.92 Å². The molecule has 0 atom stereocenters. The van der Waals surface area contributed by atoms with Gasteiger partial charge in [0.25, 0.3) is 0 Å². The van der Waals surface area contributed by atoms with Crippen LogP contribution in [0.2, 0.25) is 0 Å². The fourth-order valence-electron chi connectivity index (χ4n) is 2.26. The van der Waals surface area contributed by atoms with Gasteiger partial charge in [-0.15, -0.1) is 0 Å². The fraction of sp³-hybridized carbons (Fsp3) is 0.167. The van der Waals surface area contributed by atoms with Crippen molar-refractivity contribution >= 4 is 28.5 Å². The molecular formula is C18H16N2O3S. The Morgan fingerprint density at radius 3 is 2.71 bits per heavy atom. The normalized spacial score (nSPS) is 10.7. The highest BCUT2D eigenvalue weighted by molar-refractivity contribution is 7.98. The number of thioether (sulfide) groups is 1. The number of esters is 1. The summed E-state index contributed by atoms with van der Waals surface area (Å²) in [7, 11) is 0. The summed E-state index contributed by atoms with van der Waals surface area (Å²) in [4.78, 5) is 19.8. The molecule has 0 amide bonds. The number of fused-ring (bicyclic) bond motifs is 1. The summed E-state index contributed by atoms with van der Waals surface area (Å²) in [6.45, 7) is 1.97. The van der Waals surface area contributed by atoms with Crippen molar-refractivity contribution in [2.75, 3.05) is 6.61 Å². The first-order chi connectivity index (χ1) is 11.7. The molecule has 1 aromatic heterocycles. The Labute approximate surface area is 143 Å². The Morgan fingerprint density at radius 1 is 1.12 bits per heavy atom. The van der Waals surface area contributed by atoms with E-state index in [0.717, 1.165) is 5.56 Å². The number of aromatic nitrogens is 2. The Hall–Kier alpha value is -2.60. The molecule has 122 valence electrons. The van der Waals surface area contributed by atoms with Crippen molar-refractivity contribution in [2.45, 2.75) is 17.8 Å². The van der Waals surface area contributed by atoms with Gasteiger partial charge in [0.15, 0.2) is 10.9 Å². The monoisotopic (exact) mass is 340 g/mol. The highest BCUT2D eigenvalue weighted by Crippen LogP contribution is 2.24. The van der Waals surface area contributed by atoms with Gasteiger partial charge in [0.2, 0.25) is 5.88 Å². The van der Waals surface area contributed by atoms with E-state index in [4.69, 9.17) is 4.74 Å². The summed E-state index contributed by atoms with van der Waals surface area (Å²) in [6, 6.07) is 15.6. The van der Waals surface area contributed by atoms with Gasteiger partial charge in [-0.25, -0.2) is 9.78 Å². The molecule has 1 heterocycles. The molecule has 6 heteroatoms. The number of aromatic hydroxyl groups is 1. The third-order valence-corrected chi connectivity index (χ3v) is 4.28. The van der Waals surface area contributed by atoms with Crippen LogP contribution in [0, 0.1) is 0 Å². The Morgan fingerprint density at radius 2 is 1.92 bits per heavy atom. The van der Waals surface area contributed by atoms with Crippen LogP contribution in [0.1, 0.15) is 23.0 Å². The standard InChI is InChI=1S/C18H16N2O3S/c1-2-23-17(22)15-10-16(21)20-18(19-15)24-11-12-7-8-13-5-3-4-6-14(13)9-12/h3-10H,2,11H2,1H3,(H,19,20,21). The van der Waals surface area contributed by atoms with E-state index in [0.29, 0.717) is 10.9 Å². The summed E-state index contributed by atoms with van der Waals surface area (Å²) in [5, 5.41) is 12.4. The molecule has 0 saturated heterocycles. The van der Waals surface area contributed by atoms with Gasteiger partial charge in [0.1, 0.15) is 0 Å². The number of carbonyl (C=O) groups excluding carboxylic acids is 1. The lowest BCUT2D eigenvalue weighted by Crippen LogP contribution is -2.08. The van der Waals surface area contributed by atoms with Gasteiger partial charge in [0.05, 0.1) is 6.61 Å². The zero-order valence-electron chi connectivity index (χ0n) is 13.1. The van der Waals surface area contributed by atoms with E-state index in [-0.39, 0.29) is 18.2 Å². The third-order valence-electron chi connectivity index (χ3n) is 3.36. The van der Waals surface area contributed by atoms with Crippen molar-refractivity contribution in [1.29, 1.82) is 0 Å². The predicted octanol–water partition coefficient (Wildman–Crippen LogP) is 3.80. The maximum atomic E-state index is 11.7. The van der Waals surface area contributed by atoms with Crippen LogP contribution in [-0.4, -0.2) is 27.7 Å². The lowest BCUT2D eigenvalue weighted by Gasteiger charge is -2.06. The topological polar surface area (TPSA) is 72.3 Å². The highest BCUT2D eigenvalue weighted by atomic mass is 32.2. The lowest BCUT2D eigenvalue weighted by molar-refractivity contribution is 0.0517. The SMILES string of the molecule is CCOC(=O)c1cc(O)nc(SCc2ccc3ccccc3c2)n1. The minimum absolute atomic E-state index is 0.0605. The van der Waals surface area contributed by atoms with Crippen LogP contribution in [0.15, 0.2) is 53.7 Å². The molecule has 1 N–H and O–H groups in total. The zero-order valence-corrected chi connectivity index (χ0v) is 13.9. The van der Waals surface area contributed by atoms with Crippen molar-refractivity contribution in [3.63, 3.8) is 0 Å². The summed E-state index contributed by atoms with van der Waals surface area (Å²) in [5.74, 6) is -0.173. The Balaban J connectivity index is 1.76. The maximum absolute atomic E-state index is 11.7. The molecule has 0 bridgehead atoms. The number of ether oxygens (including phenoxy) is 1. The molecular weight excluding hydrogens is 324 g/mol. The van der Waals surface area contributed by atoms with Crippen LogP contribution in [0.3, 0.4) is 0 Å². The Kier molecular flexibility index (Phi) is 4.96. The van der Waals surface area contributed by atoms with Crippen LogP contribution < -0.4 is 0 Å². The van der Waals surface area contributed by atoms with Gasteiger partial charge >= 0.3 is 5.97 Å². The Bertz CT molecular complexity index is 883. The molecule has 0 aliphatic heterocycles. The summed E-state index contributed by atoms with van der Waals surface area (Å²) in [5.41, 5.74) is 1.17. The second-order valence-electron chi connectivity index (χ2n) is 5.08. The average molecular weight is 340 g/mol. The van der Waals surface area contributed by atoms with E-state index in [9.17, 15) is 9.90 Å². The van der Waals surface area contributed by atoms with Crippen molar-refractivity contribution in [3.05, 3.63) is 59.8 Å². The molecule has 0 radical (unpaired) electrons. The molecule has 0 saturated carbocycles. The van der Waals surface area contributed by atoms with Gasteiger partial charge in [-0.1, -0.05) is 54.2 Å². The maximum Gasteiger partial charge on any atom is 0.357 e. The number of nitrogens with zero attached hydrogens (tertiary/aromatic N) is 2. The van der Waals surface area contributed by atoms with Gasteiger partial charge in [0, 0.05) is 11.8 Å². The van der Waals surface area contributed by atoms with E-state index in [1.165, 1.54) is 28.6 Å². The summed E-state index contributed by atoms with van der Waals surface area (Å²) >= 11 is 1.36. The molecule has 0 unspecified atom stereocenters. The largest absolute Gasteiger partial charge is 0.493 e. The smallest absolute Gasteiger partial charge is 0.357 e. The number of rotatable bonds is 5. The molecule has 3 aromatic rings. The highest BCUT2D eigenvalue weighted by Gasteiger charge is 2.13. The van der Waals surface area contributed by atoms with E-state index in [1.807, 2.05) is 18.2 Å². The predicted molar refractivity (Wildman–Crippen MR) is 93.2 cm³/mol. The van der Waals surface area contributed by atoms with Gasteiger partial charge in [-0.05, 0) is 23.3 Å². The van der Waals surface area contributed by atoms with Crippen molar-refractivity contribution in [3.8, 4) is 5.88 Å². The average Bonchev–Trinajstić information content (AvgIpc) is 2.59. The van der Waals surface area contributed by atoms with Crippen molar-refractivity contribution in [1.82, 2.24) is 9.97 Å². The van der Waals surface area contributed by atoms with Gasteiger partial charge < -0.3 is 9.84 Å². The van der Waals surface area contributed by atoms with Crippen molar-refractivity contribution in [2.24, 2.45) is 0 Å². The number of hydrogen-bond acceptors (Lipinski definition) is 6. The number of hydrogen-bond donors (Lipinski definition) is 1. The van der Waals surface area contributed by atoms with Crippen LogP contribution in [0.5, 0.6) is 5.88 Å². The number of carbonyl (C=O) groups is 1. The molecule has 24 heavy (non-hydrogen) atoms. The molecule has 3 rings (SSSR count).